The molecule has 1 aliphatic rings. The van der Waals surface area contributed by atoms with Gasteiger partial charge in [0.2, 0.25) is 0 Å². The number of ether oxygens (including phenoxy) is 1. The third-order valence-electron chi connectivity index (χ3n) is 5.00. The van der Waals surface area contributed by atoms with Crippen molar-refractivity contribution in [2.75, 3.05) is 11.9 Å². The average Bonchev–Trinajstić information content (AvgIpc) is 3.06. The Morgan fingerprint density at radius 1 is 0.969 bits per heavy atom. The molecule has 164 valence electrons. The summed E-state index contributed by atoms with van der Waals surface area (Å²) in [6.07, 6.45) is -0.902. The quantitative estimate of drug-likeness (QED) is 0.529. The normalized spacial score (nSPS) is 12.5. The summed E-state index contributed by atoms with van der Waals surface area (Å²) in [4.78, 5) is 23.8. The summed E-state index contributed by atoms with van der Waals surface area (Å²) in [5.41, 5.74) is 3.48. The summed E-state index contributed by atoms with van der Waals surface area (Å²) in [5, 5.41) is 11.6. The van der Waals surface area contributed by atoms with Crippen LogP contribution in [0, 0.1) is 0 Å². The number of halogens is 1. The molecular formula is C22H16FNO7S. The van der Waals surface area contributed by atoms with Crippen LogP contribution in [0.25, 0.3) is 11.1 Å². The molecule has 10 heteroatoms. The molecule has 3 aromatic carbocycles. The van der Waals surface area contributed by atoms with Crippen molar-refractivity contribution in [3.05, 3.63) is 83.4 Å². The highest BCUT2D eigenvalue weighted by Crippen LogP contribution is 2.44. The zero-order valence-corrected chi connectivity index (χ0v) is 17.1. The molecule has 0 bridgehead atoms. The number of carbonyl (C=O) groups is 2. The summed E-state index contributed by atoms with van der Waals surface area (Å²) >= 11 is 0. The van der Waals surface area contributed by atoms with E-state index in [0.717, 1.165) is 40.5 Å². The van der Waals surface area contributed by atoms with Gasteiger partial charge in [-0.1, -0.05) is 52.4 Å². The van der Waals surface area contributed by atoms with Gasteiger partial charge in [0.15, 0.2) is 0 Å². The molecule has 0 saturated carbocycles. The van der Waals surface area contributed by atoms with E-state index in [1.54, 1.807) is 0 Å². The van der Waals surface area contributed by atoms with E-state index in [4.69, 9.17) is 4.74 Å². The van der Waals surface area contributed by atoms with Gasteiger partial charge in [0.05, 0.1) is 11.3 Å². The molecule has 0 heterocycles. The number of nitrogens with one attached hydrogen (secondary N) is 1. The molecule has 0 aromatic heterocycles. The first-order chi connectivity index (χ1) is 15.2. The van der Waals surface area contributed by atoms with Crippen molar-refractivity contribution in [3.8, 4) is 16.9 Å². The Bertz CT molecular complexity index is 1280. The second-order valence-corrected chi connectivity index (χ2v) is 7.89. The fourth-order valence-electron chi connectivity index (χ4n) is 3.72. The molecular weight excluding hydrogens is 441 g/mol. The largest absolute Gasteiger partial charge is 0.488 e. The minimum Gasteiger partial charge on any atom is -0.478 e. The van der Waals surface area contributed by atoms with Crippen LogP contribution in [0.3, 0.4) is 0 Å². The third-order valence-corrected chi connectivity index (χ3v) is 5.39. The number of hydrogen-bond donors (Lipinski definition) is 2. The van der Waals surface area contributed by atoms with Crippen LogP contribution < -0.4 is 9.50 Å². The van der Waals surface area contributed by atoms with Gasteiger partial charge < -0.3 is 14.0 Å². The Hall–Kier alpha value is -3.92. The highest BCUT2D eigenvalue weighted by molar-refractivity contribution is 7.81. The smallest absolute Gasteiger partial charge is 0.478 e. The molecule has 0 fully saturated rings. The van der Waals surface area contributed by atoms with Gasteiger partial charge >= 0.3 is 22.6 Å². The summed E-state index contributed by atoms with van der Waals surface area (Å²) in [5.74, 6) is -2.22. The lowest BCUT2D eigenvalue weighted by atomic mass is 9.98. The Morgan fingerprint density at radius 3 is 2.12 bits per heavy atom. The second-order valence-electron chi connectivity index (χ2n) is 6.94. The van der Waals surface area contributed by atoms with E-state index >= 15 is 0 Å². The Balaban J connectivity index is 1.50. The molecule has 3 aromatic rings. The molecule has 8 nitrogen and oxygen atoms in total. The van der Waals surface area contributed by atoms with Crippen molar-refractivity contribution in [2.45, 2.75) is 5.92 Å². The van der Waals surface area contributed by atoms with E-state index in [1.807, 2.05) is 48.5 Å². The Labute approximate surface area is 182 Å². The van der Waals surface area contributed by atoms with Gasteiger partial charge in [0.25, 0.3) is 0 Å². The maximum absolute atomic E-state index is 12.7. The van der Waals surface area contributed by atoms with Crippen molar-refractivity contribution in [3.63, 3.8) is 0 Å². The molecule has 2 N–H and O–H groups in total. The molecule has 4 rings (SSSR count). The molecule has 0 saturated heterocycles. The van der Waals surface area contributed by atoms with Crippen molar-refractivity contribution >= 4 is 28.3 Å². The van der Waals surface area contributed by atoms with E-state index in [1.165, 1.54) is 0 Å². The van der Waals surface area contributed by atoms with Crippen LogP contribution in [0.5, 0.6) is 5.75 Å². The lowest BCUT2D eigenvalue weighted by Crippen LogP contribution is -2.19. The zero-order chi connectivity index (χ0) is 22.9. The van der Waals surface area contributed by atoms with Crippen molar-refractivity contribution in [1.29, 1.82) is 0 Å². The molecule has 1 amide bonds. The number of carbonyl (C=O) groups excluding carboxylic acids is 1. The number of anilines is 1. The summed E-state index contributed by atoms with van der Waals surface area (Å²) in [7, 11) is -5.33. The second kappa shape index (κ2) is 8.31. The van der Waals surface area contributed by atoms with E-state index in [2.05, 4.69) is 9.50 Å². The van der Waals surface area contributed by atoms with Crippen LogP contribution in [0.2, 0.25) is 0 Å². The molecule has 1 aliphatic carbocycles. The van der Waals surface area contributed by atoms with Gasteiger partial charge in [-0.3, -0.25) is 5.32 Å². The number of rotatable bonds is 6. The zero-order valence-electron chi connectivity index (χ0n) is 16.3. The van der Waals surface area contributed by atoms with Gasteiger partial charge in [-0.15, -0.1) is 0 Å². The number of carboxylic acids is 1. The number of benzene rings is 3. The van der Waals surface area contributed by atoms with Gasteiger partial charge in [0.1, 0.15) is 12.4 Å². The van der Waals surface area contributed by atoms with Gasteiger partial charge in [-0.05, 0) is 40.5 Å². The fraction of sp³-hybridized carbons (Fsp3) is 0.0909. The predicted molar refractivity (Wildman–Crippen MR) is 113 cm³/mol. The number of amides is 1. The standard InChI is InChI=1S/C22H16FNO7S/c23-32(28,29)31-13-9-10-20(18(11-13)21(25)26)24-22(27)30-12-19-16-7-3-1-5-14(16)15-6-2-4-8-17(15)19/h1-11,19H,12H2,(H,24,27)(H,25,26). The highest BCUT2D eigenvalue weighted by atomic mass is 32.3. The lowest BCUT2D eigenvalue weighted by Gasteiger charge is -2.15. The molecule has 32 heavy (non-hydrogen) atoms. The minimum atomic E-state index is -5.33. The first kappa shape index (κ1) is 21.3. The predicted octanol–water partition coefficient (Wildman–Crippen LogP) is 4.34. The van der Waals surface area contributed by atoms with E-state index in [0.29, 0.717) is 0 Å². The molecule has 0 unspecified atom stereocenters. The summed E-state index contributed by atoms with van der Waals surface area (Å²) in [6, 6.07) is 18.4. The van der Waals surface area contributed by atoms with Crippen molar-refractivity contribution < 1.29 is 35.9 Å². The fourth-order valence-corrected chi connectivity index (χ4v) is 4.05. The number of fused-ring (bicyclic) bond motifs is 3. The van der Waals surface area contributed by atoms with Gasteiger partial charge in [-0.2, -0.15) is 8.42 Å². The van der Waals surface area contributed by atoms with E-state index < -0.39 is 33.9 Å². The topological polar surface area (TPSA) is 119 Å². The van der Waals surface area contributed by atoms with Crippen LogP contribution in [0.1, 0.15) is 27.4 Å². The van der Waals surface area contributed by atoms with Crippen LogP contribution in [-0.2, 0) is 15.2 Å². The average molecular weight is 457 g/mol. The van der Waals surface area contributed by atoms with E-state index in [9.17, 15) is 27.0 Å². The highest BCUT2D eigenvalue weighted by Gasteiger charge is 2.29. The molecule has 0 radical (unpaired) electrons. The lowest BCUT2D eigenvalue weighted by molar-refractivity contribution is 0.0697. The summed E-state index contributed by atoms with van der Waals surface area (Å²) in [6.45, 7) is 0.0174. The van der Waals surface area contributed by atoms with Crippen molar-refractivity contribution in [2.24, 2.45) is 0 Å². The van der Waals surface area contributed by atoms with Crippen LogP contribution in [-0.4, -0.2) is 32.2 Å². The third kappa shape index (κ3) is 4.40. The maximum Gasteiger partial charge on any atom is 0.488 e. The Kier molecular flexibility index (Phi) is 5.54. The van der Waals surface area contributed by atoms with Gasteiger partial charge in [-0.25, -0.2) is 9.59 Å². The van der Waals surface area contributed by atoms with Crippen LogP contribution in [0.4, 0.5) is 14.4 Å². The maximum atomic E-state index is 12.7. The molecule has 0 spiro atoms. The minimum absolute atomic E-state index is 0.0174. The number of hydrogen-bond acceptors (Lipinski definition) is 6. The van der Waals surface area contributed by atoms with Crippen LogP contribution in [0.15, 0.2) is 66.7 Å². The summed E-state index contributed by atoms with van der Waals surface area (Å²) < 4.78 is 43.3. The molecule has 0 aliphatic heterocycles. The first-order valence-corrected chi connectivity index (χ1v) is 10.7. The van der Waals surface area contributed by atoms with Crippen LogP contribution >= 0.6 is 0 Å². The number of aromatic carboxylic acids is 1. The first-order valence-electron chi connectivity index (χ1n) is 9.36. The SMILES string of the molecule is O=C(Nc1ccc(OS(=O)(=O)F)cc1C(=O)O)OCC1c2ccccc2-c2ccccc21. The van der Waals surface area contributed by atoms with Crippen molar-refractivity contribution in [1.82, 2.24) is 0 Å². The van der Waals surface area contributed by atoms with E-state index in [-0.39, 0.29) is 18.2 Å². The van der Waals surface area contributed by atoms with Gasteiger partial charge in [0, 0.05) is 5.92 Å². The Morgan fingerprint density at radius 2 is 1.56 bits per heavy atom. The molecule has 0 atom stereocenters. The number of carboxylic acid groups (broad SMARTS) is 1. The monoisotopic (exact) mass is 457 g/mol.